The molecule has 1 heterocycles. The van der Waals surface area contributed by atoms with Gasteiger partial charge in [-0.1, -0.05) is 12.1 Å². The summed E-state index contributed by atoms with van der Waals surface area (Å²) in [7, 11) is 0. The van der Waals surface area contributed by atoms with Crippen LogP contribution in [0, 0.1) is 20.8 Å². The van der Waals surface area contributed by atoms with E-state index in [0.29, 0.717) is 16.9 Å². The Hall–Kier alpha value is -3.72. The number of hydrogen-bond donors (Lipinski definition) is 4. The first-order chi connectivity index (χ1) is 14.3. The molecule has 0 saturated carbocycles. The number of carbonyl (C=O) groups is 1. The normalized spacial score (nSPS) is 10.9. The van der Waals surface area contributed by atoms with Crippen molar-refractivity contribution in [1.29, 1.82) is 0 Å². The Morgan fingerprint density at radius 1 is 1.17 bits per heavy atom. The van der Waals surface area contributed by atoms with Crippen LogP contribution in [0.1, 0.15) is 32.7 Å². The maximum absolute atomic E-state index is 11.0. The molecule has 30 heavy (non-hydrogen) atoms. The number of anilines is 1. The van der Waals surface area contributed by atoms with E-state index in [1.807, 2.05) is 32.0 Å². The highest BCUT2D eigenvalue weighted by molar-refractivity contribution is 7.80. The monoisotopic (exact) mass is 423 g/mol. The Morgan fingerprint density at radius 2 is 1.93 bits per heavy atom. The molecule has 8 nitrogen and oxygen atoms in total. The van der Waals surface area contributed by atoms with E-state index >= 15 is 0 Å². The van der Waals surface area contributed by atoms with E-state index in [4.69, 9.17) is 17.3 Å². The number of aryl methyl sites for hydroxylation is 3. The molecule has 0 aliphatic carbocycles. The summed E-state index contributed by atoms with van der Waals surface area (Å²) in [6.07, 6.45) is 1.43. The fourth-order valence-electron chi connectivity index (χ4n) is 2.76. The summed E-state index contributed by atoms with van der Waals surface area (Å²) >= 11 is 5.17. The van der Waals surface area contributed by atoms with E-state index in [0.717, 1.165) is 16.8 Å². The third-order valence-electron chi connectivity index (χ3n) is 4.54. The van der Waals surface area contributed by atoms with Gasteiger partial charge in [0.15, 0.2) is 5.11 Å². The minimum Gasteiger partial charge on any atom is -0.493 e. The third-order valence-corrected chi connectivity index (χ3v) is 4.74. The topological polar surface area (TPSA) is 112 Å². The number of aromatic hydroxyl groups is 1. The summed E-state index contributed by atoms with van der Waals surface area (Å²) in [6.45, 7) is 5.79. The number of nitrogens with one attached hydrogen (secondary N) is 2. The number of aromatic carboxylic acids is 1. The van der Waals surface area contributed by atoms with Crippen molar-refractivity contribution in [3.63, 3.8) is 0 Å². The molecule has 154 valence electrons. The Balaban J connectivity index is 1.71. The number of aromatic nitrogens is 2. The van der Waals surface area contributed by atoms with Crippen LogP contribution in [0.4, 0.5) is 5.69 Å². The van der Waals surface area contributed by atoms with Crippen molar-refractivity contribution in [2.45, 2.75) is 20.8 Å². The second kappa shape index (κ2) is 8.75. The first-order valence-corrected chi connectivity index (χ1v) is 9.46. The molecule has 0 atom stereocenters. The van der Waals surface area contributed by atoms with Gasteiger partial charge in [-0.3, -0.25) is 5.43 Å². The number of benzene rings is 2. The van der Waals surface area contributed by atoms with E-state index in [9.17, 15) is 9.90 Å². The summed E-state index contributed by atoms with van der Waals surface area (Å²) in [5, 5.41) is 31.1. The second-order valence-corrected chi connectivity index (χ2v) is 7.12. The highest BCUT2D eigenvalue weighted by atomic mass is 32.1. The van der Waals surface area contributed by atoms with Crippen LogP contribution in [0.25, 0.3) is 5.69 Å². The van der Waals surface area contributed by atoms with Crippen molar-refractivity contribution in [3.05, 3.63) is 70.4 Å². The number of carboxylic acid groups (broad SMARTS) is 1. The molecule has 0 unspecified atom stereocenters. The van der Waals surface area contributed by atoms with Crippen LogP contribution >= 0.6 is 12.2 Å². The van der Waals surface area contributed by atoms with Crippen LogP contribution in [0.2, 0.25) is 0 Å². The maximum Gasteiger partial charge on any atom is 0.335 e. The molecule has 4 N–H and O–H groups in total. The lowest BCUT2D eigenvalue weighted by Crippen LogP contribution is -2.24. The number of thiocarbonyl (C=S) groups is 1. The van der Waals surface area contributed by atoms with Crippen molar-refractivity contribution in [2.24, 2.45) is 5.10 Å². The first kappa shape index (κ1) is 21.0. The molecule has 9 heteroatoms. The van der Waals surface area contributed by atoms with Crippen LogP contribution in [-0.4, -0.2) is 37.3 Å². The molecule has 0 bridgehead atoms. The molecule has 0 radical (unpaired) electrons. The van der Waals surface area contributed by atoms with Crippen molar-refractivity contribution in [1.82, 2.24) is 15.2 Å². The SMILES string of the molecule is Cc1ccc(-n2nc(C)c(C=NNC(=S)Nc3cccc(C(=O)O)c3)c2O)cc1C. The van der Waals surface area contributed by atoms with Crippen LogP contribution in [0.15, 0.2) is 47.6 Å². The molecule has 3 aromatic rings. The van der Waals surface area contributed by atoms with E-state index in [1.54, 1.807) is 19.1 Å². The van der Waals surface area contributed by atoms with Crippen LogP contribution in [0.5, 0.6) is 5.88 Å². The summed E-state index contributed by atoms with van der Waals surface area (Å²) < 4.78 is 1.46. The molecule has 0 saturated heterocycles. The zero-order chi connectivity index (χ0) is 21.8. The van der Waals surface area contributed by atoms with Gasteiger partial charge in [-0.2, -0.15) is 10.2 Å². The van der Waals surface area contributed by atoms with E-state index in [-0.39, 0.29) is 16.6 Å². The molecular formula is C21H21N5O3S. The predicted molar refractivity (Wildman–Crippen MR) is 120 cm³/mol. The predicted octanol–water partition coefficient (Wildman–Crippen LogP) is 3.52. The second-order valence-electron chi connectivity index (χ2n) is 6.71. The van der Waals surface area contributed by atoms with Gasteiger partial charge in [-0.25, -0.2) is 9.48 Å². The number of hydrogen-bond acceptors (Lipinski definition) is 5. The van der Waals surface area contributed by atoms with E-state index < -0.39 is 5.97 Å². The van der Waals surface area contributed by atoms with Gasteiger partial charge in [-0.05, 0) is 74.4 Å². The fraction of sp³-hybridized carbons (Fsp3) is 0.143. The standard InChI is InChI=1S/C21H21N5O3S/c1-12-7-8-17(9-13(12)2)26-19(27)18(14(3)25-26)11-22-24-21(30)23-16-6-4-5-15(10-16)20(28)29/h4-11,27H,1-3H3,(H,28,29)(H2,23,24,30). The largest absolute Gasteiger partial charge is 0.493 e. The van der Waals surface area contributed by atoms with Crippen LogP contribution in [0.3, 0.4) is 0 Å². The number of carboxylic acids is 1. The maximum atomic E-state index is 11.0. The summed E-state index contributed by atoms with van der Waals surface area (Å²) in [4.78, 5) is 11.0. The minimum absolute atomic E-state index is 0.0330. The van der Waals surface area contributed by atoms with Crippen molar-refractivity contribution in [2.75, 3.05) is 5.32 Å². The number of hydrazone groups is 1. The molecule has 1 aromatic heterocycles. The quantitative estimate of drug-likeness (QED) is 0.282. The van der Waals surface area contributed by atoms with Crippen molar-refractivity contribution >= 4 is 35.2 Å². The minimum atomic E-state index is -1.03. The summed E-state index contributed by atoms with van der Waals surface area (Å²) in [5.41, 5.74) is 7.37. The molecule has 3 rings (SSSR count). The Bertz CT molecular complexity index is 1150. The van der Waals surface area contributed by atoms with Crippen molar-refractivity contribution < 1.29 is 15.0 Å². The van der Waals surface area contributed by atoms with Gasteiger partial charge in [0.2, 0.25) is 5.88 Å². The smallest absolute Gasteiger partial charge is 0.335 e. The van der Waals surface area contributed by atoms with Crippen LogP contribution < -0.4 is 10.7 Å². The van der Waals surface area contributed by atoms with Gasteiger partial charge in [0, 0.05) is 5.69 Å². The number of nitrogens with zero attached hydrogens (tertiary/aromatic N) is 3. The molecule has 0 spiro atoms. The zero-order valence-electron chi connectivity index (χ0n) is 16.7. The molecule has 0 aliphatic rings. The van der Waals surface area contributed by atoms with Gasteiger partial charge < -0.3 is 15.5 Å². The highest BCUT2D eigenvalue weighted by Gasteiger charge is 2.14. The molecule has 2 aromatic carbocycles. The molecule has 0 aliphatic heterocycles. The Kier molecular flexibility index (Phi) is 6.12. The lowest BCUT2D eigenvalue weighted by atomic mass is 10.1. The van der Waals surface area contributed by atoms with Gasteiger partial charge in [0.1, 0.15) is 0 Å². The van der Waals surface area contributed by atoms with Crippen LogP contribution in [-0.2, 0) is 0 Å². The van der Waals surface area contributed by atoms with E-state index in [2.05, 4.69) is 20.9 Å². The Labute approximate surface area is 178 Å². The van der Waals surface area contributed by atoms with Crippen molar-refractivity contribution in [3.8, 4) is 11.6 Å². The van der Waals surface area contributed by atoms with Gasteiger partial charge in [0.25, 0.3) is 0 Å². The zero-order valence-corrected chi connectivity index (χ0v) is 17.5. The average molecular weight is 423 g/mol. The molecular weight excluding hydrogens is 402 g/mol. The van der Waals surface area contributed by atoms with Gasteiger partial charge in [-0.15, -0.1) is 0 Å². The average Bonchev–Trinajstić information content (AvgIpc) is 2.98. The van der Waals surface area contributed by atoms with E-state index in [1.165, 1.54) is 23.0 Å². The first-order valence-electron chi connectivity index (χ1n) is 9.06. The third kappa shape index (κ3) is 4.64. The van der Waals surface area contributed by atoms with Gasteiger partial charge >= 0.3 is 5.97 Å². The Morgan fingerprint density at radius 3 is 2.63 bits per heavy atom. The lowest BCUT2D eigenvalue weighted by molar-refractivity contribution is 0.0697. The fourth-order valence-corrected chi connectivity index (χ4v) is 2.93. The molecule has 0 amide bonds. The molecule has 0 fully saturated rings. The van der Waals surface area contributed by atoms with Gasteiger partial charge in [0.05, 0.1) is 28.7 Å². The summed E-state index contributed by atoms with van der Waals surface area (Å²) in [6, 6.07) is 12.1. The lowest BCUT2D eigenvalue weighted by Gasteiger charge is -2.07. The summed E-state index contributed by atoms with van der Waals surface area (Å²) in [5.74, 6) is -1.06. The highest BCUT2D eigenvalue weighted by Crippen LogP contribution is 2.24. The number of rotatable bonds is 5.